The van der Waals surface area contributed by atoms with Crippen LogP contribution in [0.25, 0.3) is 0 Å². The van der Waals surface area contributed by atoms with Gasteiger partial charge in [-0.3, -0.25) is 0 Å². The summed E-state index contributed by atoms with van der Waals surface area (Å²) < 4.78 is 0. The molecule has 1 aliphatic rings. The predicted molar refractivity (Wildman–Crippen MR) is 60.2 cm³/mol. The fraction of sp³-hybridized carbons (Fsp3) is 1.00. The number of hydrogen-bond acceptors (Lipinski definition) is 2. The number of rotatable bonds is 6. The van der Waals surface area contributed by atoms with Gasteiger partial charge in [0.25, 0.3) is 0 Å². The largest absolute Gasteiger partial charge is 0.396 e. The van der Waals surface area contributed by atoms with E-state index in [1.54, 1.807) is 0 Å². The molecule has 0 saturated heterocycles. The average molecular weight is 199 g/mol. The van der Waals surface area contributed by atoms with Crippen LogP contribution in [0.1, 0.15) is 34.1 Å². The Kier molecular flexibility index (Phi) is 3.96. The molecule has 0 aromatic heterocycles. The molecule has 2 unspecified atom stereocenters. The minimum Gasteiger partial charge on any atom is -0.396 e. The zero-order valence-corrected chi connectivity index (χ0v) is 10.0. The topological polar surface area (TPSA) is 32.3 Å². The highest BCUT2D eigenvalue weighted by Gasteiger charge is 2.54. The normalized spacial score (nSPS) is 31.5. The molecule has 14 heavy (non-hydrogen) atoms. The maximum absolute atomic E-state index is 9.38. The predicted octanol–water partition coefficient (Wildman–Crippen LogP) is 1.89. The first-order valence-corrected chi connectivity index (χ1v) is 5.84. The highest BCUT2D eigenvalue weighted by molar-refractivity contribution is 5.04. The van der Waals surface area contributed by atoms with Crippen LogP contribution >= 0.6 is 0 Å². The van der Waals surface area contributed by atoms with E-state index in [1.807, 2.05) is 0 Å². The molecule has 1 aliphatic carbocycles. The first-order chi connectivity index (χ1) is 6.53. The van der Waals surface area contributed by atoms with Gasteiger partial charge in [0.2, 0.25) is 0 Å². The minimum absolute atomic E-state index is 0.240. The SMILES string of the molecule is CC(C)CNCC1CC1(CO)C(C)C. The van der Waals surface area contributed by atoms with E-state index in [1.165, 1.54) is 6.42 Å². The maximum atomic E-state index is 9.38. The maximum Gasteiger partial charge on any atom is 0.0493 e. The van der Waals surface area contributed by atoms with Crippen LogP contribution in [-0.2, 0) is 0 Å². The monoisotopic (exact) mass is 199 g/mol. The Labute approximate surface area is 88.1 Å². The van der Waals surface area contributed by atoms with Crippen LogP contribution in [0.2, 0.25) is 0 Å². The molecule has 0 aromatic rings. The van der Waals surface area contributed by atoms with Gasteiger partial charge in [-0.2, -0.15) is 0 Å². The van der Waals surface area contributed by atoms with Gasteiger partial charge in [0.05, 0.1) is 0 Å². The molecule has 0 radical (unpaired) electrons. The third kappa shape index (κ3) is 2.48. The van der Waals surface area contributed by atoms with Crippen molar-refractivity contribution in [2.24, 2.45) is 23.2 Å². The summed E-state index contributed by atoms with van der Waals surface area (Å²) in [6.07, 6.45) is 1.20. The first-order valence-electron chi connectivity index (χ1n) is 5.84. The molecule has 0 aliphatic heterocycles. The summed E-state index contributed by atoms with van der Waals surface area (Å²) in [5.41, 5.74) is 0.240. The Balaban J connectivity index is 2.23. The third-order valence-electron chi connectivity index (χ3n) is 3.67. The Morgan fingerprint density at radius 1 is 1.36 bits per heavy atom. The lowest BCUT2D eigenvalue weighted by atomic mass is 9.90. The smallest absolute Gasteiger partial charge is 0.0493 e. The van der Waals surface area contributed by atoms with Gasteiger partial charge in [-0.25, -0.2) is 0 Å². The second-order valence-electron chi connectivity index (χ2n) is 5.50. The van der Waals surface area contributed by atoms with Crippen LogP contribution < -0.4 is 5.32 Å². The molecular formula is C12H25NO. The zero-order valence-electron chi connectivity index (χ0n) is 10.0. The van der Waals surface area contributed by atoms with Crippen molar-refractivity contribution in [3.63, 3.8) is 0 Å². The second-order valence-corrected chi connectivity index (χ2v) is 5.50. The van der Waals surface area contributed by atoms with E-state index in [4.69, 9.17) is 0 Å². The third-order valence-corrected chi connectivity index (χ3v) is 3.67. The van der Waals surface area contributed by atoms with Crippen molar-refractivity contribution >= 4 is 0 Å². The van der Waals surface area contributed by atoms with Crippen LogP contribution in [0.3, 0.4) is 0 Å². The van der Waals surface area contributed by atoms with Crippen LogP contribution in [0.4, 0.5) is 0 Å². The molecule has 0 aromatic carbocycles. The molecule has 2 atom stereocenters. The summed E-state index contributed by atoms with van der Waals surface area (Å²) in [5.74, 6) is 2.03. The van der Waals surface area contributed by atoms with Crippen LogP contribution in [0, 0.1) is 23.2 Å². The molecule has 0 spiro atoms. The lowest BCUT2D eigenvalue weighted by Crippen LogP contribution is -2.26. The van der Waals surface area contributed by atoms with Gasteiger partial charge in [0, 0.05) is 12.0 Å². The lowest BCUT2D eigenvalue weighted by Gasteiger charge is -2.19. The van der Waals surface area contributed by atoms with Crippen molar-refractivity contribution in [3.8, 4) is 0 Å². The molecule has 1 fully saturated rings. The van der Waals surface area contributed by atoms with E-state index in [2.05, 4.69) is 33.0 Å². The van der Waals surface area contributed by atoms with E-state index in [-0.39, 0.29) is 5.41 Å². The van der Waals surface area contributed by atoms with Crippen LogP contribution in [0.5, 0.6) is 0 Å². The van der Waals surface area contributed by atoms with E-state index in [0.29, 0.717) is 18.4 Å². The zero-order chi connectivity index (χ0) is 10.8. The molecule has 0 bridgehead atoms. The highest BCUT2D eigenvalue weighted by atomic mass is 16.3. The Morgan fingerprint density at radius 2 is 2.00 bits per heavy atom. The van der Waals surface area contributed by atoms with Gasteiger partial charge in [-0.1, -0.05) is 27.7 Å². The Bertz CT molecular complexity index is 179. The second kappa shape index (κ2) is 4.63. The van der Waals surface area contributed by atoms with Gasteiger partial charge < -0.3 is 10.4 Å². The Morgan fingerprint density at radius 3 is 2.36 bits per heavy atom. The molecule has 0 heterocycles. The number of nitrogens with one attached hydrogen (secondary N) is 1. The first kappa shape index (κ1) is 12.0. The number of aliphatic hydroxyl groups is 1. The standard InChI is InChI=1S/C12H25NO/c1-9(2)6-13-7-11-5-12(11,8-14)10(3)4/h9-11,13-14H,5-8H2,1-4H3. The van der Waals surface area contributed by atoms with Crippen molar-refractivity contribution in [3.05, 3.63) is 0 Å². The van der Waals surface area contributed by atoms with E-state index < -0.39 is 0 Å². The van der Waals surface area contributed by atoms with Gasteiger partial charge in [0.15, 0.2) is 0 Å². The summed E-state index contributed by atoms with van der Waals surface area (Å²) in [6.45, 7) is 11.4. The minimum atomic E-state index is 0.240. The van der Waals surface area contributed by atoms with Crippen molar-refractivity contribution < 1.29 is 5.11 Å². The fourth-order valence-corrected chi connectivity index (χ4v) is 2.30. The molecule has 2 heteroatoms. The molecule has 2 nitrogen and oxygen atoms in total. The average Bonchev–Trinajstić information content (AvgIpc) is 2.79. The van der Waals surface area contributed by atoms with Crippen molar-refractivity contribution in [1.82, 2.24) is 5.32 Å². The summed E-state index contributed by atoms with van der Waals surface area (Å²) >= 11 is 0. The van der Waals surface area contributed by atoms with E-state index in [9.17, 15) is 5.11 Å². The quantitative estimate of drug-likeness (QED) is 0.684. The lowest BCUT2D eigenvalue weighted by molar-refractivity contribution is 0.155. The molecule has 2 N–H and O–H groups in total. The van der Waals surface area contributed by atoms with Gasteiger partial charge in [-0.15, -0.1) is 0 Å². The summed E-state index contributed by atoms with van der Waals surface area (Å²) in [6, 6.07) is 0. The molecule has 84 valence electrons. The summed E-state index contributed by atoms with van der Waals surface area (Å²) in [5, 5.41) is 12.9. The highest BCUT2D eigenvalue weighted by Crippen LogP contribution is 2.56. The number of aliphatic hydroxyl groups excluding tert-OH is 1. The Hall–Kier alpha value is -0.0800. The van der Waals surface area contributed by atoms with Crippen molar-refractivity contribution in [2.45, 2.75) is 34.1 Å². The van der Waals surface area contributed by atoms with Crippen molar-refractivity contribution in [1.29, 1.82) is 0 Å². The molecule has 1 saturated carbocycles. The summed E-state index contributed by atoms with van der Waals surface area (Å²) in [4.78, 5) is 0. The molecule has 0 amide bonds. The van der Waals surface area contributed by atoms with E-state index in [0.717, 1.165) is 19.0 Å². The van der Waals surface area contributed by atoms with Crippen LogP contribution in [-0.4, -0.2) is 24.8 Å². The van der Waals surface area contributed by atoms with Crippen LogP contribution in [0.15, 0.2) is 0 Å². The number of hydrogen-bond donors (Lipinski definition) is 2. The van der Waals surface area contributed by atoms with Gasteiger partial charge in [0.1, 0.15) is 0 Å². The van der Waals surface area contributed by atoms with Crippen molar-refractivity contribution in [2.75, 3.05) is 19.7 Å². The van der Waals surface area contributed by atoms with Gasteiger partial charge in [-0.05, 0) is 37.3 Å². The fourth-order valence-electron chi connectivity index (χ4n) is 2.30. The summed E-state index contributed by atoms with van der Waals surface area (Å²) in [7, 11) is 0. The molecular weight excluding hydrogens is 174 g/mol. The molecule has 1 rings (SSSR count). The van der Waals surface area contributed by atoms with Gasteiger partial charge >= 0.3 is 0 Å². The van der Waals surface area contributed by atoms with E-state index >= 15 is 0 Å².